The van der Waals surface area contributed by atoms with Gasteiger partial charge in [0.15, 0.2) is 0 Å². The molecule has 5 rings (SSSR count). The standard InChI is InChI=1S/C21H20N6O3/c1-12-24-20(25-30-12)13-3-5-22-16(7-13)17-8-14-9-18(26(2)19(14)10-23-17)21(29)27-6-4-15(28)11-27/h3,5,7-10,15,28H,4,6,11H2,1-2H3/t15-/m0/s1. The Labute approximate surface area is 172 Å². The highest BCUT2D eigenvalue weighted by atomic mass is 16.5. The maximum absolute atomic E-state index is 12.9. The molecule has 1 atom stereocenters. The lowest BCUT2D eigenvalue weighted by Crippen LogP contribution is -2.30. The number of β-amino-alcohol motifs (C(OH)–C–C–N with tert-alkyl or cyclic N) is 1. The fourth-order valence-corrected chi connectivity index (χ4v) is 3.79. The number of carbonyl (C=O) groups excluding carboxylic acids is 1. The van der Waals surface area contributed by atoms with Crippen LogP contribution in [0.15, 0.2) is 41.2 Å². The first kappa shape index (κ1) is 18.4. The largest absolute Gasteiger partial charge is 0.391 e. The van der Waals surface area contributed by atoms with E-state index in [9.17, 15) is 9.90 Å². The van der Waals surface area contributed by atoms with Crippen LogP contribution in [-0.2, 0) is 7.05 Å². The first-order chi connectivity index (χ1) is 14.5. The molecule has 5 heterocycles. The van der Waals surface area contributed by atoms with E-state index in [2.05, 4.69) is 20.1 Å². The Bertz CT molecular complexity index is 1260. The monoisotopic (exact) mass is 404 g/mol. The van der Waals surface area contributed by atoms with E-state index in [0.717, 1.165) is 16.5 Å². The van der Waals surface area contributed by atoms with Crippen LogP contribution in [0.3, 0.4) is 0 Å². The summed E-state index contributed by atoms with van der Waals surface area (Å²) in [5.41, 5.74) is 3.58. The van der Waals surface area contributed by atoms with Crippen LogP contribution < -0.4 is 0 Å². The van der Waals surface area contributed by atoms with Gasteiger partial charge in [0, 0.05) is 44.2 Å². The number of aryl methyl sites for hydroxylation is 2. The SMILES string of the molecule is Cc1nc(-c2ccnc(-c3cc4cc(C(=O)N5CC[C@H](O)C5)n(C)c4cn3)c2)no1. The molecule has 0 saturated carbocycles. The molecule has 30 heavy (non-hydrogen) atoms. The van der Waals surface area contributed by atoms with E-state index < -0.39 is 6.10 Å². The zero-order valence-electron chi connectivity index (χ0n) is 16.6. The van der Waals surface area contributed by atoms with Gasteiger partial charge in [0.05, 0.1) is 29.2 Å². The van der Waals surface area contributed by atoms with Crippen molar-refractivity contribution in [1.82, 2.24) is 29.6 Å². The average molecular weight is 404 g/mol. The van der Waals surface area contributed by atoms with E-state index in [4.69, 9.17) is 4.52 Å². The summed E-state index contributed by atoms with van der Waals surface area (Å²) in [7, 11) is 1.85. The summed E-state index contributed by atoms with van der Waals surface area (Å²) < 4.78 is 6.90. The molecule has 1 amide bonds. The van der Waals surface area contributed by atoms with Crippen molar-refractivity contribution in [3.8, 4) is 22.8 Å². The number of pyridine rings is 2. The number of amides is 1. The molecule has 1 aliphatic rings. The molecule has 1 aliphatic heterocycles. The highest BCUT2D eigenvalue weighted by Crippen LogP contribution is 2.26. The van der Waals surface area contributed by atoms with Crippen LogP contribution in [-0.4, -0.2) is 59.8 Å². The smallest absolute Gasteiger partial charge is 0.270 e. The van der Waals surface area contributed by atoms with Crippen LogP contribution in [0.25, 0.3) is 33.7 Å². The molecule has 1 saturated heterocycles. The van der Waals surface area contributed by atoms with Gasteiger partial charge >= 0.3 is 0 Å². The molecule has 0 aliphatic carbocycles. The third-order valence-electron chi connectivity index (χ3n) is 5.41. The second-order valence-electron chi connectivity index (χ2n) is 7.48. The maximum Gasteiger partial charge on any atom is 0.270 e. The van der Waals surface area contributed by atoms with Crippen molar-refractivity contribution in [3.63, 3.8) is 0 Å². The number of hydrogen-bond donors (Lipinski definition) is 1. The molecule has 0 bridgehead atoms. The lowest BCUT2D eigenvalue weighted by Gasteiger charge is -2.15. The van der Waals surface area contributed by atoms with Gasteiger partial charge in [0.2, 0.25) is 11.7 Å². The number of fused-ring (bicyclic) bond motifs is 1. The summed E-state index contributed by atoms with van der Waals surface area (Å²) in [6.45, 7) is 2.68. The summed E-state index contributed by atoms with van der Waals surface area (Å²) in [6.07, 6.45) is 3.59. The fourth-order valence-electron chi connectivity index (χ4n) is 3.79. The molecule has 0 aromatic carbocycles. The number of likely N-dealkylation sites (tertiary alicyclic amines) is 1. The predicted octanol–water partition coefficient (Wildman–Crippen LogP) is 2.20. The van der Waals surface area contributed by atoms with Crippen molar-refractivity contribution >= 4 is 16.8 Å². The van der Waals surface area contributed by atoms with Crippen molar-refractivity contribution in [1.29, 1.82) is 0 Å². The molecule has 1 fully saturated rings. The number of carbonyl (C=O) groups is 1. The topological polar surface area (TPSA) is 110 Å². The van der Waals surface area contributed by atoms with Crippen molar-refractivity contribution in [2.24, 2.45) is 7.05 Å². The van der Waals surface area contributed by atoms with E-state index in [0.29, 0.717) is 48.3 Å². The van der Waals surface area contributed by atoms with E-state index >= 15 is 0 Å². The van der Waals surface area contributed by atoms with Gasteiger partial charge in [-0.2, -0.15) is 4.98 Å². The highest BCUT2D eigenvalue weighted by molar-refractivity contribution is 5.99. The number of rotatable bonds is 3. The van der Waals surface area contributed by atoms with Crippen LogP contribution in [0.1, 0.15) is 22.8 Å². The Morgan fingerprint density at radius 3 is 2.80 bits per heavy atom. The quantitative estimate of drug-likeness (QED) is 0.557. The second kappa shape index (κ2) is 7.03. The summed E-state index contributed by atoms with van der Waals surface area (Å²) in [5.74, 6) is 0.909. The molecule has 0 unspecified atom stereocenters. The minimum atomic E-state index is -0.446. The summed E-state index contributed by atoms with van der Waals surface area (Å²) in [5, 5.41) is 14.6. The molecule has 4 aromatic rings. The normalized spacial score (nSPS) is 16.5. The Balaban J connectivity index is 1.51. The van der Waals surface area contributed by atoms with Gasteiger partial charge in [-0.1, -0.05) is 5.16 Å². The third kappa shape index (κ3) is 3.13. The van der Waals surface area contributed by atoms with Crippen molar-refractivity contribution < 1.29 is 14.4 Å². The summed E-state index contributed by atoms with van der Waals surface area (Å²) in [4.78, 5) is 27.8. The first-order valence-corrected chi connectivity index (χ1v) is 9.69. The summed E-state index contributed by atoms with van der Waals surface area (Å²) >= 11 is 0. The second-order valence-corrected chi connectivity index (χ2v) is 7.48. The highest BCUT2D eigenvalue weighted by Gasteiger charge is 2.27. The Morgan fingerprint density at radius 1 is 1.23 bits per heavy atom. The minimum Gasteiger partial charge on any atom is -0.391 e. The van der Waals surface area contributed by atoms with Gasteiger partial charge in [-0.25, -0.2) is 0 Å². The lowest BCUT2D eigenvalue weighted by atomic mass is 10.1. The molecule has 4 aromatic heterocycles. The predicted molar refractivity (Wildman–Crippen MR) is 109 cm³/mol. The Morgan fingerprint density at radius 2 is 2.07 bits per heavy atom. The van der Waals surface area contributed by atoms with Gasteiger partial charge in [0.1, 0.15) is 5.69 Å². The van der Waals surface area contributed by atoms with Gasteiger partial charge in [-0.05, 0) is 30.7 Å². The molecule has 152 valence electrons. The van der Waals surface area contributed by atoms with Crippen LogP contribution in [0, 0.1) is 6.92 Å². The molecular weight excluding hydrogens is 384 g/mol. The van der Waals surface area contributed by atoms with Gasteiger partial charge < -0.3 is 19.1 Å². The number of aliphatic hydroxyl groups excluding tert-OH is 1. The Kier molecular flexibility index (Phi) is 4.32. The van der Waals surface area contributed by atoms with E-state index in [1.54, 1.807) is 24.2 Å². The van der Waals surface area contributed by atoms with Crippen LogP contribution in [0.4, 0.5) is 0 Å². The number of aromatic nitrogens is 5. The van der Waals surface area contributed by atoms with Crippen LogP contribution in [0.5, 0.6) is 0 Å². The minimum absolute atomic E-state index is 0.0839. The molecule has 9 heteroatoms. The molecule has 0 spiro atoms. The lowest BCUT2D eigenvalue weighted by molar-refractivity contribution is 0.0756. The third-order valence-corrected chi connectivity index (χ3v) is 5.41. The van der Waals surface area contributed by atoms with E-state index in [-0.39, 0.29) is 5.91 Å². The van der Waals surface area contributed by atoms with Gasteiger partial charge in [-0.3, -0.25) is 14.8 Å². The zero-order chi connectivity index (χ0) is 20.8. The molecular formula is C21H20N6O3. The molecule has 1 N–H and O–H groups in total. The van der Waals surface area contributed by atoms with Crippen molar-refractivity contribution in [2.45, 2.75) is 19.4 Å². The fraction of sp³-hybridized carbons (Fsp3) is 0.286. The molecule has 9 nitrogen and oxygen atoms in total. The van der Waals surface area contributed by atoms with E-state index in [1.165, 1.54) is 0 Å². The van der Waals surface area contributed by atoms with Crippen molar-refractivity contribution in [3.05, 3.63) is 48.2 Å². The Hall–Kier alpha value is -3.59. The van der Waals surface area contributed by atoms with Crippen LogP contribution >= 0.6 is 0 Å². The molecule has 0 radical (unpaired) electrons. The summed E-state index contributed by atoms with van der Waals surface area (Å²) in [6, 6.07) is 7.45. The van der Waals surface area contributed by atoms with Gasteiger partial charge in [-0.15, -0.1) is 0 Å². The van der Waals surface area contributed by atoms with Crippen LogP contribution in [0.2, 0.25) is 0 Å². The number of aliphatic hydroxyl groups is 1. The zero-order valence-corrected chi connectivity index (χ0v) is 16.6. The average Bonchev–Trinajstić information content (AvgIpc) is 3.46. The first-order valence-electron chi connectivity index (χ1n) is 9.69. The number of hydrogen-bond acceptors (Lipinski definition) is 7. The van der Waals surface area contributed by atoms with E-state index in [1.807, 2.05) is 35.9 Å². The number of nitrogens with zero attached hydrogens (tertiary/aromatic N) is 6. The van der Waals surface area contributed by atoms with Gasteiger partial charge in [0.25, 0.3) is 5.91 Å². The maximum atomic E-state index is 12.9. The van der Waals surface area contributed by atoms with Crippen molar-refractivity contribution in [2.75, 3.05) is 13.1 Å².